The van der Waals surface area contributed by atoms with Gasteiger partial charge in [-0.1, -0.05) is 78.4 Å². The van der Waals surface area contributed by atoms with Crippen LogP contribution in [-0.4, -0.2) is 22.1 Å². The lowest BCUT2D eigenvalue weighted by atomic mass is 10.0. The first-order chi connectivity index (χ1) is 17.1. The van der Waals surface area contributed by atoms with Gasteiger partial charge in [0, 0.05) is 35.6 Å². The van der Waals surface area contributed by atoms with Gasteiger partial charge in [-0.05, 0) is 41.0 Å². The van der Waals surface area contributed by atoms with Crippen molar-refractivity contribution < 1.29 is 14.6 Å². The summed E-state index contributed by atoms with van der Waals surface area (Å²) in [5.74, 6) is -0.120. The first-order valence-electron chi connectivity index (χ1n) is 11.8. The van der Waals surface area contributed by atoms with Crippen molar-refractivity contribution in [3.63, 3.8) is 0 Å². The van der Waals surface area contributed by atoms with Gasteiger partial charge in [-0.2, -0.15) is 0 Å². The van der Waals surface area contributed by atoms with Gasteiger partial charge in [0.2, 0.25) is 0 Å². The van der Waals surface area contributed by atoms with Gasteiger partial charge in [-0.15, -0.1) is 0 Å². The monoisotopic (exact) mass is 464 g/mol. The SMILES string of the molecule is Cc1ccc(COc2ccc3ccccc3c2CN[C@H](Cc2c[nH]c3ccccc23)C(=O)O)cc1. The summed E-state index contributed by atoms with van der Waals surface area (Å²) in [5.41, 5.74) is 5.24. The van der Waals surface area contributed by atoms with Crippen molar-refractivity contribution in [3.05, 3.63) is 113 Å². The fourth-order valence-electron chi connectivity index (χ4n) is 4.47. The van der Waals surface area contributed by atoms with Gasteiger partial charge in [-0.25, -0.2) is 0 Å². The lowest BCUT2D eigenvalue weighted by Gasteiger charge is -2.18. The zero-order valence-corrected chi connectivity index (χ0v) is 19.6. The average molecular weight is 465 g/mol. The summed E-state index contributed by atoms with van der Waals surface area (Å²) in [6.07, 6.45) is 2.28. The molecular weight excluding hydrogens is 436 g/mol. The van der Waals surface area contributed by atoms with Crippen LogP contribution in [0.5, 0.6) is 5.75 Å². The molecule has 0 aliphatic heterocycles. The minimum absolute atomic E-state index is 0.379. The maximum Gasteiger partial charge on any atom is 0.321 e. The Balaban J connectivity index is 1.39. The molecular formula is C30H28N2O3. The van der Waals surface area contributed by atoms with Gasteiger partial charge < -0.3 is 14.8 Å². The van der Waals surface area contributed by atoms with Crippen LogP contribution in [0.25, 0.3) is 21.7 Å². The molecule has 35 heavy (non-hydrogen) atoms. The van der Waals surface area contributed by atoms with E-state index in [4.69, 9.17) is 4.74 Å². The highest BCUT2D eigenvalue weighted by atomic mass is 16.5. The van der Waals surface area contributed by atoms with E-state index in [2.05, 4.69) is 53.6 Å². The summed E-state index contributed by atoms with van der Waals surface area (Å²) in [6, 6.07) is 27.6. The molecule has 5 rings (SSSR count). The first-order valence-corrected chi connectivity index (χ1v) is 11.8. The van der Waals surface area contributed by atoms with Crippen LogP contribution < -0.4 is 10.1 Å². The fourth-order valence-corrected chi connectivity index (χ4v) is 4.47. The van der Waals surface area contributed by atoms with Crippen LogP contribution in [0.15, 0.2) is 91.1 Å². The largest absolute Gasteiger partial charge is 0.489 e. The molecule has 0 radical (unpaired) electrons. The van der Waals surface area contributed by atoms with Gasteiger partial charge >= 0.3 is 5.97 Å². The summed E-state index contributed by atoms with van der Waals surface area (Å²) < 4.78 is 6.24. The molecule has 0 aliphatic carbocycles. The number of carboxylic acid groups (broad SMARTS) is 1. The molecule has 0 fully saturated rings. The van der Waals surface area contributed by atoms with E-state index in [1.54, 1.807) is 0 Å². The number of aromatic amines is 1. The van der Waals surface area contributed by atoms with E-state index in [1.807, 2.05) is 54.7 Å². The van der Waals surface area contributed by atoms with Crippen molar-refractivity contribution in [1.82, 2.24) is 10.3 Å². The van der Waals surface area contributed by atoms with E-state index in [-0.39, 0.29) is 0 Å². The molecule has 1 heterocycles. The Hall–Kier alpha value is -4.09. The molecule has 1 atom stereocenters. The average Bonchev–Trinajstić information content (AvgIpc) is 3.29. The quantitative estimate of drug-likeness (QED) is 0.250. The zero-order chi connectivity index (χ0) is 24.2. The Morgan fingerprint density at radius 1 is 0.943 bits per heavy atom. The molecule has 0 unspecified atom stereocenters. The number of para-hydroxylation sites is 1. The predicted octanol–water partition coefficient (Wildman–Crippen LogP) is 5.99. The van der Waals surface area contributed by atoms with Crippen molar-refractivity contribution in [2.45, 2.75) is 32.5 Å². The van der Waals surface area contributed by atoms with Crippen LogP contribution in [0, 0.1) is 6.92 Å². The lowest BCUT2D eigenvalue weighted by molar-refractivity contribution is -0.139. The number of nitrogens with one attached hydrogen (secondary N) is 2. The Morgan fingerprint density at radius 3 is 2.49 bits per heavy atom. The van der Waals surface area contributed by atoms with E-state index < -0.39 is 12.0 Å². The van der Waals surface area contributed by atoms with E-state index in [9.17, 15) is 9.90 Å². The summed E-state index contributed by atoms with van der Waals surface area (Å²) >= 11 is 0. The molecule has 0 bridgehead atoms. The topological polar surface area (TPSA) is 74.3 Å². The van der Waals surface area contributed by atoms with E-state index in [1.165, 1.54) is 5.56 Å². The molecule has 4 aromatic carbocycles. The molecule has 176 valence electrons. The highest BCUT2D eigenvalue weighted by Gasteiger charge is 2.20. The maximum absolute atomic E-state index is 12.2. The molecule has 0 amide bonds. The minimum Gasteiger partial charge on any atom is -0.489 e. The smallest absolute Gasteiger partial charge is 0.321 e. The van der Waals surface area contributed by atoms with Crippen LogP contribution in [-0.2, 0) is 24.4 Å². The summed E-state index contributed by atoms with van der Waals surface area (Å²) in [6.45, 7) is 2.89. The fraction of sp³-hybridized carbons (Fsp3) is 0.167. The Labute approximate surface area is 204 Å². The molecule has 3 N–H and O–H groups in total. The van der Waals surface area contributed by atoms with Crippen LogP contribution in [0.2, 0.25) is 0 Å². The number of rotatable bonds is 9. The second kappa shape index (κ2) is 10.0. The second-order valence-electron chi connectivity index (χ2n) is 8.87. The van der Waals surface area contributed by atoms with Crippen molar-refractivity contribution >= 4 is 27.6 Å². The molecule has 0 aliphatic rings. The number of hydrogen-bond acceptors (Lipinski definition) is 3. The molecule has 5 aromatic rings. The standard InChI is InChI=1S/C30H28N2O3/c1-20-10-12-21(13-11-20)19-35-29-15-14-22-6-2-3-7-24(22)26(29)18-32-28(30(33)34)16-23-17-31-27-9-5-4-8-25(23)27/h2-15,17,28,31-32H,16,18-19H2,1H3,(H,33,34)/t28-/m1/s1. The molecule has 5 heteroatoms. The van der Waals surface area contributed by atoms with E-state index in [0.717, 1.165) is 44.1 Å². The van der Waals surface area contributed by atoms with Crippen molar-refractivity contribution in [2.24, 2.45) is 0 Å². The summed E-state index contributed by atoms with van der Waals surface area (Å²) in [4.78, 5) is 15.4. The number of fused-ring (bicyclic) bond motifs is 2. The molecule has 1 aromatic heterocycles. The first kappa shape index (κ1) is 22.7. The predicted molar refractivity (Wildman–Crippen MR) is 140 cm³/mol. The number of aliphatic carboxylic acids is 1. The van der Waals surface area contributed by atoms with Crippen LogP contribution in [0.3, 0.4) is 0 Å². The number of aryl methyl sites for hydroxylation is 1. The van der Waals surface area contributed by atoms with E-state index in [0.29, 0.717) is 19.6 Å². The van der Waals surface area contributed by atoms with Crippen molar-refractivity contribution in [1.29, 1.82) is 0 Å². The normalized spacial score (nSPS) is 12.1. The van der Waals surface area contributed by atoms with Crippen molar-refractivity contribution in [2.75, 3.05) is 0 Å². The zero-order valence-electron chi connectivity index (χ0n) is 19.6. The van der Waals surface area contributed by atoms with E-state index >= 15 is 0 Å². The highest BCUT2D eigenvalue weighted by Crippen LogP contribution is 2.29. The van der Waals surface area contributed by atoms with Gasteiger partial charge in [-0.3, -0.25) is 10.1 Å². The molecule has 5 nitrogen and oxygen atoms in total. The van der Waals surface area contributed by atoms with Gasteiger partial charge in [0.1, 0.15) is 18.4 Å². The van der Waals surface area contributed by atoms with Gasteiger partial charge in [0.05, 0.1) is 0 Å². The van der Waals surface area contributed by atoms with Crippen LogP contribution >= 0.6 is 0 Å². The third kappa shape index (κ3) is 5.05. The Kier molecular flexibility index (Phi) is 6.51. The van der Waals surface area contributed by atoms with Crippen molar-refractivity contribution in [3.8, 4) is 5.75 Å². The third-order valence-corrected chi connectivity index (χ3v) is 6.43. The number of ether oxygens (including phenoxy) is 1. The number of benzene rings is 4. The van der Waals surface area contributed by atoms with Crippen LogP contribution in [0.1, 0.15) is 22.3 Å². The maximum atomic E-state index is 12.2. The number of aromatic nitrogens is 1. The number of carbonyl (C=O) groups is 1. The van der Waals surface area contributed by atoms with Gasteiger partial charge in [0.25, 0.3) is 0 Å². The highest BCUT2D eigenvalue weighted by molar-refractivity contribution is 5.88. The third-order valence-electron chi connectivity index (χ3n) is 6.43. The number of carboxylic acids is 1. The Bertz CT molecular complexity index is 1470. The van der Waals surface area contributed by atoms with Crippen LogP contribution in [0.4, 0.5) is 0 Å². The minimum atomic E-state index is -0.877. The number of H-pyrrole nitrogens is 1. The molecule has 0 spiro atoms. The number of hydrogen-bond donors (Lipinski definition) is 3. The summed E-state index contributed by atoms with van der Waals surface area (Å²) in [7, 11) is 0. The molecule has 0 saturated heterocycles. The van der Waals surface area contributed by atoms with Gasteiger partial charge in [0.15, 0.2) is 0 Å². The summed E-state index contributed by atoms with van der Waals surface area (Å²) in [5, 5.41) is 16.5. The second-order valence-corrected chi connectivity index (χ2v) is 8.87. The molecule has 0 saturated carbocycles. The lowest BCUT2D eigenvalue weighted by Crippen LogP contribution is -2.38. The Morgan fingerprint density at radius 2 is 1.69 bits per heavy atom.